The molecule has 0 aliphatic carbocycles. The van der Waals surface area contributed by atoms with E-state index in [4.69, 9.17) is 4.42 Å². The lowest BCUT2D eigenvalue weighted by Gasteiger charge is -2.25. The van der Waals surface area contributed by atoms with E-state index in [1.165, 1.54) is 0 Å². The van der Waals surface area contributed by atoms with E-state index < -0.39 is 0 Å². The molecule has 0 aliphatic rings. The molecule has 2 unspecified atom stereocenters. The van der Waals surface area contributed by atoms with Gasteiger partial charge in [-0.05, 0) is 31.0 Å². The summed E-state index contributed by atoms with van der Waals surface area (Å²) in [6.45, 7) is 6.81. The third-order valence-electron chi connectivity index (χ3n) is 3.06. The maximum atomic E-state index is 5.36. The molecule has 14 heavy (non-hydrogen) atoms. The molecule has 1 rings (SSSR count). The first-order valence-electron chi connectivity index (χ1n) is 5.34. The maximum Gasteiger partial charge on any atom is 0.105 e. The highest BCUT2D eigenvalue weighted by Gasteiger charge is 2.19. The molecule has 0 fully saturated rings. The normalized spacial score (nSPS) is 15.8. The number of likely N-dealkylation sites (N-methyl/N-ethyl adjacent to an activating group) is 1. The highest BCUT2D eigenvalue weighted by molar-refractivity contribution is 5.01. The molecule has 0 spiro atoms. The van der Waals surface area contributed by atoms with Crippen molar-refractivity contribution in [1.29, 1.82) is 0 Å². The van der Waals surface area contributed by atoms with E-state index in [-0.39, 0.29) is 0 Å². The smallest absolute Gasteiger partial charge is 0.105 e. The number of hydrogen-bond donors (Lipinski definition) is 1. The molecule has 1 heterocycles. The van der Waals surface area contributed by atoms with Crippen LogP contribution in [0.5, 0.6) is 0 Å². The Morgan fingerprint density at radius 1 is 1.36 bits per heavy atom. The molecule has 0 radical (unpaired) electrons. The minimum atomic E-state index is 0.501. The summed E-state index contributed by atoms with van der Waals surface area (Å²) in [7, 11) is 2.02. The van der Waals surface area contributed by atoms with Crippen LogP contribution in [0.3, 0.4) is 0 Å². The molecule has 0 amide bonds. The summed E-state index contributed by atoms with van der Waals surface area (Å²) >= 11 is 0. The van der Waals surface area contributed by atoms with Crippen molar-refractivity contribution in [2.45, 2.75) is 33.2 Å². The Bertz CT molecular complexity index is 241. The fraction of sp³-hybridized carbons (Fsp3) is 0.667. The summed E-state index contributed by atoms with van der Waals surface area (Å²) in [5, 5.41) is 3.36. The summed E-state index contributed by atoms with van der Waals surface area (Å²) in [4.78, 5) is 0. The summed E-state index contributed by atoms with van der Waals surface area (Å²) in [5.41, 5.74) is 0. The third-order valence-corrected chi connectivity index (χ3v) is 3.06. The lowest BCUT2D eigenvalue weighted by atomic mass is 9.88. The van der Waals surface area contributed by atoms with Gasteiger partial charge in [-0.3, -0.25) is 0 Å². The van der Waals surface area contributed by atoms with Crippen molar-refractivity contribution in [1.82, 2.24) is 5.32 Å². The fourth-order valence-electron chi connectivity index (χ4n) is 1.66. The van der Waals surface area contributed by atoms with E-state index >= 15 is 0 Å². The van der Waals surface area contributed by atoms with Gasteiger partial charge in [-0.25, -0.2) is 0 Å². The van der Waals surface area contributed by atoms with Crippen LogP contribution < -0.4 is 5.32 Å². The number of nitrogens with one attached hydrogen (secondary N) is 1. The van der Waals surface area contributed by atoms with Crippen molar-refractivity contribution >= 4 is 0 Å². The zero-order valence-electron chi connectivity index (χ0n) is 9.58. The third kappa shape index (κ3) is 2.88. The van der Waals surface area contributed by atoms with Gasteiger partial charge in [0, 0.05) is 12.5 Å². The lowest BCUT2D eigenvalue weighted by Crippen LogP contribution is -2.36. The van der Waals surface area contributed by atoms with E-state index in [1.807, 2.05) is 19.2 Å². The van der Waals surface area contributed by atoms with Crippen LogP contribution in [0.15, 0.2) is 22.8 Å². The Balaban J connectivity index is 2.55. The van der Waals surface area contributed by atoms with Gasteiger partial charge >= 0.3 is 0 Å². The van der Waals surface area contributed by atoms with Gasteiger partial charge in [-0.1, -0.05) is 20.8 Å². The average molecular weight is 195 g/mol. The summed E-state index contributed by atoms with van der Waals surface area (Å²) < 4.78 is 5.36. The van der Waals surface area contributed by atoms with Crippen molar-refractivity contribution in [3.8, 4) is 0 Å². The molecular formula is C12H21NO. The summed E-state index contributed by atoms with van der Waals surface area (Å²) in [6.07, 6.45) is 2.71. The molecule has 80 valence electrons. The largest absolute Gasteiger partial charge is 0.469 e. The minimum absolute atomic E-state index is 0.501. The van der Waals surface area contributed by atoms with E-state index in [0.717, 1.165) is 12.2 Å². The van der Waals surface area contributed by atoms with Gasteiger partial charge in [0.2, 0.25) is 0 Å². The Kier molecular flexibility index (Phi) is 4.21. The van der Waals surface area contributed by atoms with Gasteiger partial charge in [0.15, 0.2) is 0 Å². The van der Waals surface area contributed by atoms with E-state index in [2.05, 4.69) is 26.1 Å². The molecule has 1 N–H and O–H groups in total. The van der Waals surface area contributed by atoms with Crippen LogP contribution in [0, 0.1) is 11.8 Å². The van der Waals surface area contributed by atoms with E-state index in [1.54, 1.807) is 6.26 Å². The van der Waals surface area contributed by atoms with Crippen molar-refractivity contribution in [3.63, 3.8) is 0 Å². The SMILES string of the molecule is CNC(Cc1ccco1)C(C)C(C)C. The number of hydrogen-bond acceptors (Lipinski definition) is 2. The molecule has 2 nitrogen and oxygen atoms in total. The summed E-state index contributed by atoms with van der Waals surface area (Å²) in [5.74, 6) is 2.42. The number of furan rings is 1. The van der Waals surface area contributed by atoms with Gasteiger partial charge in [0.25, 0.3) is 0 Å². The molecule has 2 atom stereocenters. The zero-order chi connectivity index (χ0) is 10.6. The predicted molar refractivity (Wildman–Crippen MR) is 59.3 cm³/mol. The molecule has 0 aliphatic heterocycles. The second kappa shape index (κ2) is 5.20. The lowest BCUT2D eigenvalue weighted by molar-refractivity contribution is 0.297. The molecule has 2 heteroatoms. The minimum Gasteiger partial charge on any atom is -0.469 e. The second-order valence-corrected chi connectivity index (χ2v) is 4.28. The standard InChI is InChI=1S/C12H21NO/c1-9(2)10(3)12(13-4)8-11-6-5-7-14-11/h5-7,9-10,12-13H,8H2,1-4H3. The molecule has 0 aromatic carbocycles. The van der Waals surface area contributed by atoms with Crippen LogP contribution in [0.1, 0.15) is 26.5 Å². The van der Waals surface area contributed by atoms with Gasteiger partial charge < -0.3 is 9.73 Å². The topological polar surface area (TPSA) is 25.2 Å². The monoisotopic (exact) mass is 195 g/mol. The first-order chi connectivity index (χ1) is 6.65. The van der Waals surface area contributed by atoms with Crippen LogP contribution in [0.25, 0.3) is 0 Å². The Labute approximate surface area is 86.7 Å². The fourth-order valence-corrected chi connectivity index (χ4v) is 1.66. The Morgan fingerprint density at radius 3 is 2.50 bits per heavy atom. The quantitative estimate of drug-likeness (QED) is 0.781. The molecule has 0 saturated carbocycles. The number of rotatable bonds is 5. The molecule has 1 aromatic heterocycles. The highest BCUT2D eigenvalue weighted by atomic mass is 16.3. The van der Waals surface area contributed by atoms with Crippen LogP contribution in [0.4, 0.5) is 0 Å². The van der Waals surface area contributed by atoms with E-state index in [9.17, 15) is 0 Å². The van der Waals surface area contributed by atoms with Gasteiger partial charge in [-0.15, -0.1) is 0 Å². The summed E-state index contributed by atoms with van der Waals surface area (Å²) in [6, 6.07) is 4.49. The molecule has 0 saturated heterocycles. The van der Waals surface area contributed by atoms with E-state index in [0.29, 0.717) is 17.9 Å². The molecule has 0 bridgehead atoms. The van der Waals surface area contributed by atoms with Crippen molar-refractivity contribution in [2.75, 3.05) is 7.05 Å². The first kappa shape index (κ1) is 11.3. The molecular weight excluding hydrogens is 174 g/mol. The molecule has 1 aromatic rings. The Hall–Kier alpha value is -0.760. The van der Waals surface area contributed by atoms with Crippen LogP contribution >= 0.6 is 0 Å². The predicted octanol–water partition coefficient (Wildman–Crippen LogP) is 2.70. The van der Waals surface area contributed by atoms with Crippen LogP contribution in [-0.2, 0) is 6.42 Å². The highest BCUT2D eigenvalue weighted by Crippen LogP contribution is 2.18. The van der Waals surface area contributed by atoms with Gasteiger partial charge in [0.1, 0.15) is 5.76 Å². The average Bonchev–Trinajstić information content (AvgIpc) is 2.65. The first-order valence-corrected chi connectivity index (χ1v) is 5.34. The van der Waals surface area contributed by atoms with Crippen LogP contribution in [0.2, 0.25) is 0 Å². The van der Waals surface area contributed by atoms with Crippen molar-refractivity contribution in [2.24, 2.45) is 11.8 Å². The van der Waals surface area contributed by atoms with Crippen molar-refractivity contribution < 1.29 is 4.42 Å². The van der Waals surface area contributed by atoms with Gasteiger partial charge in [0.05, 0.1) is 6.26 Å². The maximum absolute atomic E-state index is 5.36. The zero-order valence-corrected chi connectivity index (χ0v) is 9.58. The van der Waals surface area contributed by atoms with Crippen LogP contribution in [-0.4, -0.2) is 13.1 Å². The Morgan fingerprint density at radius 2 is 2.07 bits per heavy atom. The van der Waals surface area contributed by atoms with Gasteiger partial charge in [-0.2, -0.15) is 0 Å². The van der Waals surface area contributed by atoms with Crippen molar-refractivity contribution in [3.05, 3.63) is 24.2 Å². The second-order valence-electron chi connectivity index (χ2n) is 4.28.